The Kier molecular flexibility index (Phi) is 13.4. The monoisotopic (exact) mass is 831 g/mol. The second-order valence-corrected chi connectivity index (χ2v) is 14.2. The molecule has 0 fully saturated rings. The molecule has 3 aromatic carbocycles. The first-order valence-corrected chi connectivity index (χ1v) is 17.6. The Morgan fingerprint density at radius 3 is 2.29 bits per heavy atom. The molecule has 0 saturated heterocycles. The predicted octanol–water partition coefficient (Wildman–Crippen LogP) is 5.16. The van der Waals surface area contributed by atoms with Crippen LogP contribution >= 0.6 is 15.9 Å². The van der Waals surface area contributed by atoms with Crippen molar-refractivity contribution >= 4 is 33.6 Å². The highest BCUT2D eigenvalue weighted by Gasteiger charge is 2.48. The zero-order valence-corrected chi connectivity index (χ0v) is 32.1. The summed E-state index contributed by atoms with van der Waals surface area (Å²) in [4.78, 5) is 32.8. The van der Waals surface area contributed by atoms with Crippen molar-refractivity contribution in [1.82, 2.24) is 9.80 Å². The molecule has 5 rings (SSSR count). The first-order valence-electron chi connectivity index (χ1n) is 16.8. The van der Waals surface area contributed by atoms with Crippen molar-refractivity contribution in [2.24, 2.45) is 0 Å². The quantitative estimate of drug-likeness (QED) is 0.166. The summed E-state index contributed by atoms with van der Waals surface area (Å²) < 4.78 is 49.0. The fourth-order valence-corrected chi connectivity index (χ4v) is 6.85. The Morgan fingerprint density at radius 2 is 1.65 bits per heavy atom. The molecule has 2 aliphatic heterocycles. The Bertz CT molecular complexity index is 1760. The second-order valence-electron chi connectivity index (χ2n) is 13.3. The number of unbranched alkanes of at least 4 members (excludes halogenated alkanes) is 2. The van der Waals surface area contributed by atoms with E-state index in [0.29, 0.717) is 48.5 Å². The van der Waals surface area contributed by atoms with Gasteiger partial charge >= 0.3 is 12.2 Å². The molecule has 0 unspecified atom stereocenters. The number of benzene rings is 3. The number of urea groups is 1. The molecule has 8 nitrogen and oxygen atoms in total. The fourth-order valence-electron chi connectivity index (χ4n) is 6.59. The minimum Gasteiger partial charge on any atom is -1.00 e. The number of carbonyl (C=O) groups excluding carboxylic acids is 2. The molecule has 0 radical (unpaired) electrons. The average Bonchev–Trinajstić information content (AvgIpc) is 3.42. The number of alkyl halides is 3. The molecular weight excluding hydrogens is 791 g/mol. The van der Waals surface area contributed by atoms with E-state index in [-0.39, 0.29) is 35.1 Å². The number of nitrogens with zero attached hydrogens (tertiary/aromatic N) is 5. The van der Waals surface area contributed by atoms with Crippen LogP contribution < -0.4 is 26.6 Å². The molecule has 3 aromatic rings. The Morgan fingerprint density at radius 1 is 0.961 bits per heavy atom. The first kappa shape index (κ1) is 39.9. The molecule has 3 amide bonds. The molecule has 2 heterocycles. The molecule has 272 valence electrons. The van der Waals surface area contributed by atoms with Crippen molar-refractivity contribution in [2.45, 2.75) is 44.8 Å². The Labute approximate surface area is 316 Å². The number of ether oxygens (including phenoxy) is 1. The van der Waals surface area contributed by atoms with E-state index in [1.807, 2.05) is 31.2 Å². The standard InChI is InChI=1S/C38H42BrF3N5O3.BrH/c1-4-44-26-33-34(36(44)48)35(28-14-12-27(25-43)13-15-28)45(37(49)46(33)31-11-8-10-29(24-31)38(40,41)42)20-6-5-7-21-47(2,3)22-9-23-50-32-18-16-30(39)17-19-32;/h8,10-19,24,35H,4-7,9,20-23,26H2,1-3H3;1H/q+1;/p-1/t35-;/m1./s1. The van der Waals surface area contributed by atoms with Crippen LogP contribution in [-0.2, 0) is 11.0 Å². The van der Waals surface area contributed by atoms with Gasteiger partial charge < -0.3 is 36.0 Å². The van der Waals surface area contributed by atoms with Crippen molar-refractivity contribution < 1.29 is 49.0 Å². The lowest BCUT2D eigenvalue weighted by Crippen LogP contribution is -3.00. The van der Waals surface area contributed by atoms with Gasteiger partial charge in [0, 0.05) is 24.0 Å². The van der Waals surface area contributed by atoms with Crippen molar-refractivity contribution in [3.8, 4) is 11.8 Å². The maximum atomic E-state index is 14.5. The van der Waals surface area contributed by atoms with Gasteiger partial charge in [0.1, 0.15) is 5.75 Å². The van der Waals surface area contributed by atoms with Crippen LogP contribution in [0.1, 0.15) is 55.3 Å². The molecule has 1 atom stereocenters. The van der Waals surface area contributed by atoms with Gasteiger partial charge in [-0.05, 0) is 86.3 Å². The van der Waals surface area contributed by atoms with E-state index < -0.39 is 23.8 Å². The summed E-state index contributed by atoms with van der Waals surface area (Å²) in [5.74, 6) is 0.579. The molecule has 0 aromatic heterocycles. The normalized spacial score (nSPS) is 16.3. The van der Waals surface area contributed by atoms with E-state index in [1.54, 1.807) is 34.1 Å². The Hall–Kier alpha value is -3.86. The van der Waals surface area contributed by atoms with Gasteiger partial charge in [-0.1, -0.05) is 34.1 Å². The van der Waals surface area contributed by atoms with Gasteiger partial charge in [-0.15, -0.1) is 0 Å². The van der Waals surface area contributed by atoms with Crippen LogP contribution in [0.25, 0.3) is 0 Å². The van der Waals surface area contributed by atoms with Crippen LogP contribution in [0.3, 0.4) is 0 Å². The lowest BCUT2D eigenvalue weighted by molar-refractivity contribution is -0.890. The minimum atomic E-state index is -4.60. The number of hydrogen-bond donors (Lipinski definition) is 0. The number of quaternary nitrogens is 1. The van der Waals surface area contributed by atoms with E-state index in [2.05, 4.69) is 36.1 Å². The number of rotatable bonds is 14. The van der Waals surface area contributed by atoms with E-state index in [4.69, 9.17) is 4.74 Å². The van der Waals surface area contributed by atoms with Gasteiger partial charge in [0.2, 0.25) is 0 Å². The number of likely N-dealkylation sites (N-methyl/N-ethyl adjacent to an activating group) is 1. The molecule has 0 bridgehead atoms. The highest BCUT2D eigenvalue weighted by molar-refractivity contribution is 9.10. The van der Waals surface area contributed by atoms with Gasteiger partial charge in [0.25, 0.3) is 5.91 Å². The first-order chi connectivity index (χ1) is 23.8. The van der Waals surface area contributed by atoms with Crippen molar-refractivity contribution in [1.29, 1.82) is 5.26 Å². The highest BCUT2D eigenvalue weighted by atomic mass is 79.9. The molecular formula is C38H42Br2F3N5O3. The second kappa shape index (κ2) is 17.1. The summed E-state index contributed by atoms with van der Waals surface area (Å²) in [5.41, 5.74) is 1.06. The molecule has 2 aliphatic rings. The van der Waals surface area contributed by atoms with Gasteiger partial charge in [-0.3, -0.25) is 9.69 Å². The molecule has 0 aliphatic carbocycles. The van der Waals surface area contributed by atoms with E-state index >= 15 is 0 Å². The summed E-state index contributed by atoms with van der Waals surface area (Å²) in [5, 5.41) is 9.39. The average molecular weight is 834 g/mol. The number of hydrogen-bond acceptors (Lipinski definition) is 4. The van der Waals surface area contributed by atoms with E-state index in [1.165, 1.54) is 17.0 Å². The molecule has 51 heavy (non-hydrogen) atoms. The van der Waals surface area contributed by atoms with Gasteiger partial charge in [0.15, 0.2) is 0 Å². The summed E-state index contributed by atoms with van der Waals surface area (Å²) in [6, 6.07) is 20.1. The van der Waals surface area contributed by atoms with Crippen LogP contribution in [0.15, 0.2) is 88.5 Å². The van der Waals surface area contributed by atoms with Crippen LogP contribution in [0, 0.1) is 11.3 Å². The molecule has 0 N–H and O–H groups in total. The zero-order chi connectivity index (χ0) is 36.1. The van der Waals surface area contributed by atoms with Crippen molar-refractivity contribution in [2.75, 3.05) is 58.3 Å². The highest BCUT2D eigenvalue weighted by Crippen LogP contribution is 2.44. The van der Waals surface area contributed by atoms with Crippen molar-refractivity contribution in [3.05, 3.63) is 105 Å². The fraction of sp³-hybridized carbons (Fsp3) is 0.395. The lowest BCUT2D eigenvalue weighted by atomic mass is 9.92. The summed E-state index contributed by atoms with van der Waals surface area (Å²) in [6.07, 6.45) is -1.36. The lowest BCUT2D eigenvalue weighted by Gasteiger charge is -2.42. The number of anilines is 1. The summed E-state index contributed by atoms with van der Waals surface area (Å²) in [7, 11) is 4.36. The minimum absolute atomic E-state index is 0. The van der Waals surface area contributed by atoms with Crippen LogP contribution in [-0.4, -0.2) is 79.6 Å². The molecule has 0 saturated carbocycles. The third kappa shape index (κ3) is 9.53. The maximum absolute atomic E-state index is 14.5. The van der Waals surface area contributed by atoms with Gasteiger partial charge in [-0.25, -0.2) is 4.79 Å². The smallest absolute Gasteiger partial charge is 0.416 e. The predicted molar refractivity (Wildman–Crippen MR) is 189 cm³/mol. The maximum Gasteiger partial charge on any atom is 0.416 e. The number of nitriles is 1. The SMILES string of the molecule is CCN1CC2=C(C1=O)[C@@H](c1ccc(C#N)cc1)N(CCCCC[N+](C)(C)CCCOc1ccc(Br)cc1)C(=O)N2c1cccc(C(F)(F)F)c1.[Br-]. The number of carbonyl (C=O) groups is 2. The van der Waals surface area contributed by atoms with E-state index in [0.717, 1.165) is 59.2 Å². The number of amides is 3. The zero-order valence-electron chi connectivity index (χ0n) is 28.9. The largest absolute Gasteiger partial charge is 1.00 e. The van der Waals surface area contributed by atoms with Crippen LogP contribution in [0.2, 0.25) is 0 Å². The number of halogens is 5. The summed E-state index contributed by atoms with van der Waals surface area (Å²) >= 11 is 3.43. The van der Waals surface area contributed by atoms with Crippen LogP contribution in [0.5, 0.6) is 5.75 Å². The van der Waals surface area contributed by atoms with Gasteiger partial charge in [-0.2, -0.15) is 18.4 Å². The van der Waals surface area contributed by atoms with Gasteiger partial charge in [0.05, 0.1) is 80.5 Å². The van der Waals surface area contributed by atoms with Crippen molar-refractivity contribution in [3.63, 3.8) is 0 Å². The third-order valence-electron chi connectivity index (χ3n) is 9.28. The molecule has 0 spiro atoms. The Balaban J connectivity index is 0.00000583. The van der Waals surface area contributed by atoms with Crippen LogP contribution in [0.4, 0.5) is 23.7 Å². The summed E-state index contributed by atoms with van der Waals surface area (Å²) in [6.45, 7) is 5.07. The third-order valence-corrected chi connectivity index (χ3v) is 9.81. The van der Waals surface area contributed by atoms with E-state index in [9.17, 15) is 28.0 Å². The topological polar surface area (TPSA) is 76.9 Å². The molecule has 13 heteroatoms.